The molecule has 1 aliphatic heterocycles. The summed E-state index contributed by atoms with van der Waals surface area (Å²) < 4.78 is 10.5. The molecule has 1 fully saturated rings. The van der Waals surface area contributed by atoms with Gasteiger partial charge >= 0.3 is 6.09 Å². The van der Waals surface area contributed by atoms with Crippen LogP contribution in [0.25, 0.3) is 0 Å². The molecule has 0 bridgehead atoms. The van der Waals surface area contributed by atoms with E-state index in [0.717, 1.165) is 0 Å². The largest absolute Gasteiger partial charge is 0.492 e. The molecule has 1 heterocycles. The summed E-state index contributed by atoms with van der Waals surface area (Å²) in [5.41, 5.74) is 1.12. The molecule has 6 nitrogen and oxygen atoms in total. The third kappa shape index (κ3) is 5.05. The number of hydrogen-bond acceptors (Lipinski definition) is 4. The van der Waals surface area contributed by atoms with E-state index < -0.39 is 6.09 Å². The van der Waals surface area contributed by atoms with Crippen LogP contribution in [0.1, 0.15) is 16.8 Å². The number of anilines is 1. The molecule has 0 spiro atoms. The summed E-state index contributed by atoms with van der Waals surface area (Å²) in [6.07, 6.45) is 0.216. The Labute approximate surface area is 167 Å². The molecule has 1 aliphatic rings. The van der Waals surface area contributed by atoms with Gasteiger partial charge in [0.25, 0.3) is 5.91 Å². The maximum Gasteiger partial charge on any atom is 0.414 e. The first-order valence-electron chi connectivity index (χ1n) is 8.45. The van der Waals surface area contributed by atoms with Gasteiger partial charge in [-0.1, -0.05) is 29.3 Å². The van der Waals surface area contributed by atoms with Crippen LogP contribution in [0.15, 0.2) is 42.5 Å². The SMILES string of the molecule is O=C(NCCCOc1ccc(Cl)cc1Cl)c1cccc(N2CCOC2=O)c1. The molecule has 3 rings (SSSR count). The van der Waals surface area contributed by atoms with Gasteiger partial charge in [-0.15, -0.1) is 0 Å². The molecule has 1 saturated heterocycles. The van der Waals surface area contributed by atoms with Crippen molar-refractivity contribution in [1.29, 1.82) is 0 Å². The van der Waals surface area contributed by atoms with E-state index in [4.69, 9.17) is 32.7 Å². The zero-order valence-corrected chi connectivity index (χ0v) is 15.9. The normalized spacial score (nSPS) is 13.4. The minimum atomic E-state index is -0.398. The van der Waals surface area contributed by atoms with Crippen LogP contribution in [0.4, 0.5) is 10.5 Å². The van der Waals surface area contributed by atoms with Crippen LogP contribution in [-0.4, -0.2) is 38.3 Å². The average molecular weight is 409 g/mol. The Hall–Kier alpha value is -2.44. The summed E-state index contributed by atoms with van der Waals surface area (Å²) in [6, 6.07) is 11.9. The predicted octanol–water partition coefficient (Wildman–Crippen LogP) is 4.15. The van der Waals surface area contributed by atoms with Crippen molar-refractivity contribution in [2.24, 2.45) is 0 Å². The van der Waals surface area contributed by atoms with Crippen LogP contribution in [-0.2, 0) is 4.74 Å². The average Bonchev–Trinajstić information content (AvgIpc) is 3.09. The van der Waals surface area contributed by atoms with Gasteiger partial charge in [0.2, 0.25) is 0 Å². The van der Waals surface area contributed by atoms with Crippen molar-refractivity contribution < 1.29 is 19.1 Å². The number of carbonyl (C=O) groups excluding carboxylic acids is 2. The molecule has 0 saturated carbocycles. The van der Waals surface area contributed by atoms with E-state index >= 15 is 0 Å². The van der Waals surface area contributed by atoms with Crippen molar-refractivity contribution in [1.82, 2.24) is 5.32 Å². The summed E-state index contributed by atoms with van der Waals surface area (Å²) >= 11 is 11.9. The first-order chi connectivity index (χ1) is 13.0. The zero-order valence-electron chi connectivity index (χ0n) is 14.4. The molecular formula is C19H18Cl2N2O4. The van der Waals surface area contributed by atoms with Gasteiger partial charge in [-0.2, -0.15) is 0 Å². The highest BCUT2D eigenvalue weighted by molar-refractivity contribution is 6.35. The van der Waals surface area contributed by atoms with Crippen molar-refractivity contribution in [2.75, 3.05) is 31.2 Å². The van der Waals surface area contributed by atoms with Gasteiger partial charge < -0.3 is 14.8 Å². The maximum atomic E-state index is 12.3. The van der Waals surface area contributed by atoms with E-state index in [-0.39, 0.29) is 5.91 Å². The van der Waals surface area contributed by atoms with Crippen molar-refractivity contribution in [2.45, 2.75) is 6.42 Å². The van der Waals surface area contributed by atoms with Crippen molar-refractivity contribution in [3.05, 3.63) is 58.1 Å². The van der Waals surface area contributed by atoms with E-state index in [1.54, 1.807) is 42.5 Å². The van der Waals surface area contributed by atoms with Crippen LogP contribution in [0.3, 0.4) is 0 Å². The Bertz CT molecular complexity index is 844. The molecular weight excluding hydrogens is 391 g/mol. The van der Waals surface area contributed by atoms with Gasteiger partial charge in [-0.05, 0) is 42.8 Å². The number of carbonyl (C=O) groups is 2. The maximum absolute atomic E-state index is 12.3. The first kappa shape index (κ1) is 19.3. The van der Waals surface area contributed by atoms with Crippen LogP contribution >= 0.6 is 23.2 Å². The number of cyclic esters (lactones) is 1. The number of hydrogen-bond donors (Lipinski definition) is 1. The number of amides is 2. The Morgan fingerprint density at radius 1 is 1.22 bits per heavy atom. The number of benzene rings is 2. The second-order valence-corrected chi connectivity index (χ2v) is 6.69. The highest BCUT2D eigenvalue weighted by Crippen LogP contribution is 2.27. The highest BCUT2D eigenvalue weighted by Gasteiger charge is 2.24. The van der Waals surface area contributed by atoms with Gasteiger partial charge in [0.15, 0.2) is 0 Å². The lowest BCUT2D eigenvalue weighted by molar-refractivity contribution is 0.0951. The van der Waals surface area contributed by atoms with Gasteiger partial charge in [0.05, 0.1) is 18.2 Å². The molecule has 27 heavy (non-hydrogen) atoms. The standard InChI is InChI=1S/C19H18Cl2N2O4/c20-14-5-6-17(16(21)12-14)26-9-2-7-22-18(24)13-3-1-4-15(11-13)23-8-10-27-19(23)25/h1,3-6,11-12H,2,7-10H2,(H,22,24). The molecule has 2 aromatic carbocycles. The number of nitrogens with one attached hydrogen (secondary N) is 1. The fourth-order valence-corrected chi connectivity index (χ4v) is 3.06. The van der Waals surface area contributed by atoms with Crippen LogP contribution in [0.5, 0.6) is 5.75 Å². The third-order valence-corrected chi connectivity index (χ3v) is 4.47. The second-order valence-electron chi connectivity index (χ2n) is 5.85. The number of rotatable bonds is 7. The summed E-state index contributed by atoms with van der Waals surface area (Å²) in [6.45, 7) is 1.68. The minimum absolute atomic E-state index is 0.214. The highest BCUT2D eigenvalue weighted by atomic mass is 35.5. The minimum Gasteiger partial charge on any atom is -0.492 e. The Morgan fingerprint density at radius 3 is 2.81 bits per heavy atom. The van der Waals surface area contributed by atoms with Gasteiger partial charge in [-0.3, -0.25) is 9.69 Å². The summed E-state index contributed by atoms with van der Waals surface area (Å²) in [7, 11) is 0. The molecule has 8 heteroatoms. The topological polar surface area (TPSA) is 67.9 Å². The molecule has 2 aromatic rings. The molecule has 0 unspecified atom stereocenters. The monoisotopic (exact) mass is 408 g/mol. The lowest BCUT2D eigenvalue weighted by Gasteiger charge is -2.14. The van der Waals surface area contributed by atoms with Crippen LogP contribution in [0.2, 0.25) is 10.0 Å². The quantitative estimate of drug-likeness (QED) is 0.698. The Morgan fingerprint density at radius 2 is 2.07 bits per heavy atom. The first-order valence-corrected chi connectivity index (χ1v) is 9.20. The number of halogens is 2. The fraction of sp³-hybridized carbons (Fsp3) is 0.263. The van der Waals surface area contributed by atoms with E-state index in [1.165, 1.54) is 4.90 Å². The number of ether oxygens (including phenoxy) is 2. The summed E-state index contributed by atoms with van der Waals surface area (Å²) in [4.78, 5) is 25.4. The number of nitrogens with zero attached hydrogens (tertiary/aromatic N) is 1. The molecule has 0 aromatic heterocycles. The molecule has 0 atom stereocenters. The predicted molar refractivity (Wildman–Crippen MR) is 104 cm³/mol. The third-order valence-electron chi connectivity index (χ3n) is 3.94. The smallest absolute Gasteiger partial charge is 0.414 e. The van der Waals surface area contributed by atoms with Gasteiger partial charge in [0, 0.05) is 22.8 Å². The lowest BCUT2D eigenvalue weighted by Crippen LogP contribution is -2.27. The fourth-order valence-electron chi connectivity index (χ4n) is 2.59. The second kappa shape index (κ2) is 8.97. The van der Waals surface area contributed by atoms with Gasteiger partial charge in [-0.25, -0.2) is 4.79 Å². The van der Waals surface area contributed by atoms with Crippen LogP contribution in [0, 0.1) is 0 Å². The van der Waals surface area contributed by atoms with Gasteiger partial charge in [0.1, 0.15) is 12.4 Å². The summed E-state index contributed by atoms with van der Waals surface area (Å²) in [5.74, 6) is 0.339. The van der Waals surface area contributed by atoms with E-state index in [9.17, 15) is 9.59 Å². The van der Waals surface area contributed by atoms with E-state index in [1.807, 2.05) is 0 Å². The van der Waals surface area contributed by atoms with Crippen molar-refractivity contribution >= 4 is 40.9 Å². The van der Waals surface area contributed by atoms with E-state index in [2.05, 4.69) is 5.32 Å². The van der Waals surface area contributed by atoms with E-state index in [0.29, 0.717) is 59.8 Å². The Kier molecular flexibility index (Phi) is 6.42. The molecule has 0 aliphatic carbocycles. The molecule has 1 N–H and O–H groups in total. The van der Waals surface area contributed by atoms with Crippen LogP contribution < -0.4 is 15.0 Å². The molecule has 2 amide bonds. The molecule has 142 valence electrons. The molecule has 0 radical (unpaired) electrons. The van der Waals surface area contributed by atoms with Crippen molar-refractivity contribution in [3.63, 3.8) is 0 Å². The Balaban J connectivity index is 1.46. The van der Waals surface area contributed by atoms with Crippen molar-refractivity contribution in [3.8, 4) is 5.75 Å². The zero-order chi connectivity index (χ0) is 19.2. The summed E-state index contributed by atoms with van der Waals surface area (Å²) in [5, 5.41) is 3.82. The lowest BCUT2D eigenvalue weighted by atomic mass is 10.1.